The lowest BCUT2D eigenvalue weighted by Gasteiger charge is -2.28. The van der Waals surface area contributed by atoms with Crippen molar-refractivity contribution in [1.29, 1.82) is 0 Å². The number of aromatic nitrogens is 1. The second-order valence-electron chi connectivity index (χ2n) is 5.40. The summed E-state index contributed by atoms with van der Waals surface area (Å²) in [4.78, 5) is 4.05. The number of benzene rings is 1. The minimum atomic E-state index is 0.367. The van der Waals surface area contributed by atoms with Gasteiger partial charge in [-0.05, 0) is 48.7 Å². The molecule has 3 nitrogen and oxygen atoms in total. The number of pyridine rings is 1. The molecular weight excluding hydrogens is 248 g/mol. The summed E-state index contributed by atoms with van der Waals surface area (Å²) in [6.07, 6.45) is 4.69. The summed E-state index contributed by atoms with van der Waals surface area (Å²) in [7, 11) is 0. The standard InChI is InChI=1S/C17H20N2O/c1-12-9-15-16(5-8-20-17(15)10-13(12)2)19-11-14-3-6-18-7-4-14/h3-4,6-7,9-10,16,19H,5,8,11H2,1-2H3. The molecule has 1 atom stereocenters. The maximum absolute atomic E-state index is 5.79. The summed E-state index contributed by atoms with van der Waals surface area (Å²) in [5.41, 5.74) is 5.16. The van der Waals surface area contributed by atoms with Gasteiger partial charge in [0.15, 0.2) is 0 Å². The number of nitrogens with one attached hydrogen (secondary N) is 1. The lowest BCUT2D eigenvalue weighted by Crippen LogP contribution is -2.27. The molecule has 0 amide bonds. The highest BCUT2D eigenvalue weighted by Gasteiger charge is 2.21. The summed E-state index contributed by atoms with van der Waals surface area (Å²) in [6, 6.07) is 8.88. The van der Waals surface area contributed by atoms with Crippen LogP contribution in [0.2, 0.25) is 0 Å². The Morgan fingerprint density at radius 3 is 2.75 bits per heavy atom. The number of hydrogen-bond donors (Lipinski definition) is 1. The van der Waals surface area contributed by atoms with Crippen LogP contribution in [0.1, 0.15) is 34.7 Å². The zero-order chi connectivity index (χ0) is 13.9. The molecule has 1 N–H and O–H groups in total. The Hall–Kier alpha value is -1.87. The third-order valence-corrected chi connectivity index (χ3v) is 3.97. The minimum Gasteiger partial charge on any atom is -0.493 e. The van der Waals surface area contributed by atoms with E-state index in [0.29, 0.717) is 6.04 Å². The van der Waals surface area contributed by atoms with Gasteiger partial charge in [0.1, 0.15) is 5.75 Å². The van der Waals surface area contributed by atoms with Crippen LogP contribution >= 0.6 is 0 Å². The monoisotopic (exact) mass is 268 g/mol. The number of rotatable bonds is 3. The first-order valence-corrected chi connectivity index (χ1v) is 7.10. The maximum atomic E-state index is 5.79. The van der Waals surface area contributed by atoms with Crippen molar-refractivity contribution in [3.63, 3.8) is 0 Å². The van der Waals surface area contributed by atoms with E-state index in [9.17, 15) is 0 Å². The molecule has 0 spiro atoms. The molecule has 0 fully saturated rings. The molecular formula is C17H20N2O. The van der Waals surface area contributed by atoms with E-state index in [0.717, 1.165) is 25.3 Å². The van der Waals surface area contributed by atoms with E-state index in [-0.39, 0.29) is 0 Å². The molecule has 20 heavy (non-hydrogen) atoms. The zero-order valence-electron chi connectivity index (χ0n) is 12.0. The SMILES string of the molecule is Cc1cc2c(cc1C)C(NCc1ccncc1)CCO2. The molecule has 2 heterocycles. The van der Waals surface area contributed by atoms with Gasteiger partial charge < -0.3 is 10.1 Å². The van der Waals surface area contributed by atoms with Crippen molar-refractivity contribution in [1.82, 2.24) is 10.3 Å². The van der Waals surface area contributed by atoms with Crippen molar-refractivity contribution in [2.75, 3.05) is 6.61 Å². The first-order chi connectivity index (χ1) is 9.74. The normalized spacial score (nSPS) is 17.4. The Morgan fingerprint density at radius 1 is 1.20 bits per heavy atom. The highest BCUT2D eigenvalue weighted by Crippen LogP contribution is 2.34. The molecule has 0 saturated carbocycles. The summed E-state index contributed by atoms with van der Waals surface area (Å²) < 4.78 is 5.79. The first kappa shape index (κ1) is 13.1. The lowest BCUT2D eigenvalue weighted by molar-refractivity contribution is 0.252. The molecule has 3 heteroatoms. The fourth-order valence-corrected chi connectivity index (χ4v) is 2.61. The number of hydrogen-bond acceptors (Lipinski definition) is 3. The second kappa shape index (κ2) is 5.63. The Kier molecular flexibility index (Phi) is 3.70. The highest BCUT2D eigenvalue weighted by atomic mass is 16.5. The first-order valence-electron chi connectivity index (χ1n) is 7.10. The highest BCUT2D eigenvalue weighted by molar-refractivity contribution is 5.44. The van der Waals surface area contributed by atoms with E-state index in [1.54, 1.807) is 0 Å². The summed E-state index contributed by atoms with van der Waals surface area (Å²) in [5, 5.41) is 3.63. The van der Waals surface area contributed by atoms with Gasteiger partial charge in [0, 0.05) is 37.0 Å². The van der Waals surface area contributed by atoms with Gasteiger partial charge in [-0.3, -0.25) is 4.98 Å². The fourth-order valence-electron chi connectivity index (χ4n) is 2.61. The maximum Gasteiger partial charge on any atom is 0.124 e. The molecule has 3 rings (SSSR count). The molecule has 0 saturated heterocycles. The third kappa shape index (κ3) is 2.68. The average Bonchev–Trinajstić information content (AvgIpc) is 2.47. The van der Waals surface area contributed by atoms with Crippen molar-refractivity contribution >= 4 is 0 Å². The topological polar surface area (TPSA) is 34.2 Å². The van der Waals surface area contributed by atoms with Crippen molar-refractivity contribution in [3.05, 3.63) is 58.9 Å². The van der Waals surface area contributed by atoms with Crippen LogP contribution in [0.5, 0.6) is 5.75 Å². The van der Waals surface area contributed by atoms with Crippen LogP contribution in [0.3, 0.4) is 0 Å². The number of ether oxygens (including phenoxy) is 1. The lowest BCUT2D eigenvalue weighted by atomic mass is 9.96. The number of fused-ring (bicyclic) bond motifs is 1. The molecule has 2 aromatic rings. The van der Waals surface area contributed by atoms with E-state index in [4.69, 9.17) is 4.74 Å². The smallest absolute Gasteiger partial charge is 0.124 e. The molecule has 0 bridgehead atoms. The molecule has 1 aromatic carbocycles. The van der Waals surface area contributed by atoms with Gasteiger partial charge in [-0.25, -0.2) is 0 Å². The molecule has 1 aromatic heterocycles. The Morgan fingerprint density at radius 2 is 1.95 bits per heavy atom. The van der Waals surface area contributed by atoms with Crippen LogP contribution in [-0.4, -0.2) is 11.6 Å². The van der Waals surface area contributed by atoms with Crippen LogP contribution < -0.4 is 10.1 Å². The predicted octanol–water partition coefficient (Wildman–Crippen LogP) is 3.31. The molecule has 0 radical (unpaired) electrons. The van der Waals surface area contributed by atoms with E-state index < -0.39 is 0 Å². The van der Waals surface area contributed by atoms with E-state index >= 15 is 0 Å². The summed E-state index contributed by atoms with van der Waals surface area (Å²) in [5.74, 6) is 1.03. The van der Waals surface area contributed by atoms with Crippen LogP contribution in [0, 0.1) is 13.8 Å². The van der Waals surface area contributed by atoms with Crippen LogP contribution in [0.4, 0.5) is 0 Å². The quantitative estimate of drug-likeness (QED) is 0.927. The van der Waals surface area contributed by atoms with Gasteiger partial charge in [-0.1, -0.05) is 6.07 Å². The molecule has 104 valence electrons. The van der Waals surface area contributed by atoms with Gasteiger partial charge in [-0.2, -0.15) is 0 Å². The van der Waals surface area contributed by atoms with Gasteiger partial charge in [0.05, 0.1) is 6.61 Å². The Labute approximate surface area is 120 Å². The Balaban J connectivity index is 1.78. The van der Waals surface area contributed by atoms with Crippen molar-refractivity contribution < 1.29 is 4.74 Å². The van der Waals surface area contributed by atoms with E-state index in [2.05, 4.69) is 36.3 Å². The van der Waals surface area contributed by atoms with Gasteiger partial charge in [0.2, 0.25) is 0 Å². The molecule has 0 aliphatic carbocycles. The molecule has 1 aliphatic heterocycles. The van der Waals surface area contributed by atoms with Crippen molar-refractivity contribution in [2.45, 2.75) is 32.9 Å². The molecule has 1 aliphatic rings. The average molecular weight is 268 g/mol. The van der Waals surface area contributed by atoms with Crippen molar-refractivity contribution in [2.24, 2.45) is 0 Å². The minimum absolute atomic E-state index is 0.367. The summed E-state index contributed by atoms with van der Waals surface area (Å²) >= 11 is 0. The predicted molar refractivity (Wildman–Crippen MR) is 79.8 cm³/mol. The van der Waals surface area contributed by atoms with Gasteiger partial charge >= 0.3 is 0 Å². The Bertz CT molecular complexity index is 595. The fraction of sp³-hybridized carbons (Fsp3) is 0.353. The molecule has 1 unspecified atom stereocenters. The van der Waals surface area contributed by atoms with Crippen LogP contribution in [-0.2, 0) is 6.54 Å². The largest absolute Gasteiger partial charge is 0.493 e. The number of aryl methyl sites for hydroxylation is 2. The van der Waals surface area contributed by atoms with E-state index in [1.165, 1.54) is 22.3 Å². The zero-order valence-corrected chi connectivity index (χ0v) is 12.0. The van der Waals surface area contributed by atoms with Crippen LogP contribution in [0.25, 0.3) is 0 Å². The number of nitrogens with zero attached hydrogens (tertiary/aromatic N) is 1. The third-order valence-electron chi connectivity index (χ3n) is 3.97. The van der Waals surface area contributed by atoms with Gasteiger partial charge in [0.25, 0.3) is 0 Å². The van der Waals surface area contributed by atoms with E-state index in [1.807, 2.05) is 24.5 Å². The van der Waals surface area contributed by atoms with Crippen molar-refractivity contribution in [3.8, 4) is 5.75 Å². The second-order valence-corrected chi connectivity index (χ2v) is 5.40. The van der Waals surface area contributed by atoms with Crippen LogP contribution in [0.15, 0.2) is 36.7 Å². The van der Waals surface area contributed by atoms with Gasteiger partial charge in [-0.15, -0.1) is 0 Å². The summed E-state index contributed by atoms with van der Waals surface area (Å²) in [6.45, 7) is 5.93.